The number of carbonyl (C=O) groups excluding carboxylic acids is 1. The second kappa shape index (κ2) is 9.07. The number of carbonyl (C=O) groups is 1. The van der Waals surface area contributed by atoms with E-state index in [0.717, 1.165) is 26.1 Å². The van der Waals surface area contributed by atoms with E-state index in [9.17, 15) is 4.79 Å². The highest BCUT2D eigenvalue weighted by Gasteiger charge is 2.26. The van der Waals surface area contributed by atoms with E-state index in [2.05, 4.69) is 16.8 Å². The van der Waals surface area contributed by atoms with Crippen molar-refractivity contribution in [2.24, 2.45) is 0 Å². The van der Waals surface area contributed by atoms with Gasteiger partial charge in [-0.3, -0.25) is 9.69 Å². The van der Waals surface area contributed by atoms with E-state index in [0.29, 0.717) is 17.6 Å². The zero-order valence-corrected chi connectivity index (χ0v) is 14.1. The predicted molar refractivity (Wildman–Crippen MR) is 90.4 cm³/mol. The van der Waals surface area contributed by atoms with E-state index in [1.165, 1.54) is 6.42 Å². The van der Waals surface area contributed by atoms with Crippen LogP contribution in [0.15, 0.2) is 18.2 Å². The molecule has 1 aliphatic rings. The van der Waals surface area contributed by atoms with E-state index in [-0.39, 0.29) is 30.7 Å². The molecule has 1 aromatic heterocycles. The molecule has 1 aliphatic heterocycles. The summed E-state index contributed by atoms with van der Waals surface area (Å²) in [4.78, 5) is 20.5. The highest BCUT2D eigenvalue weighted by Crippen LogP contribution is 2.17. The molecule has 2 heterocycles. The number of nitrogens with two attached hydrogens (primary N) is 1. The number of hydrogen-bond donors (Lipinski definition) is 1. The van der Waals surface area contributed by atoms with Crippen LogP contribution in [0.2, 0.25) is 0 Å². The first-order chi connectivity index (χ1) is 9.11. The molecule has 7 heteroatoms. The second-order valence-electron chi connectivity index (χ2n) is 5.06. The summed E-state index contributed by atoms with van der Waals surface area (Å²) in [7, 11) is 1.83. The van der Waals surface area contributed by atoms with Gasteiger partial charge in [0.2, 0.25) is 0 Å². The van der Waals surface area contributed by atoms with Crippen molar-refractivity contribution in [2.75, 3.05) is 32.4 Å². The summed E-state index contributed by atoms with van der Waals surface area (Å²) in [6.45, 7) is 5.10. The first-order valence-electron chi connectivity index (χ1n) is 6.84. The van der Waals surface area contributed by atoms with Crippen LogP contribution in [0.3, 0.4) is 0 Å². The molecule has 1 unspecified atom stereocenters. The summed E-state index contributed by atoms with van der Waals surface area (Å²) < 4.78 is 0. The van der Waals surface area contributed by atoms with Crippen molar-refractivity contribution in [3.63, 3.8) is 0 Å². The molecule has 5 nitrogen and oxygen atoms in total. The van der Waals surface area contributed by atoms with Crippen molar-refractivity contribution >= 4 is 36.5 Å². The molecule has 1 aromatic rings. The van der Waals surface area contributed by atoms with Gasteiger partial charge in [-0.15, -0.1) is 24.8 Å². The van der Waals surface area contributed by atoms with Crippen LogP contribution in [0.4, 0.5) is 5.82 Å². The van der Waals surface area contributed by atoms with Crippen molar-refractivity contribution in [3.05, 3.63) is 23.9 Å². The number of nitrogens with zero attached hydrogens (tertiary/aromatic N) is 3. The first-order valence-corrected chi connectivity index (χ1v) is 6.84. The molecule has 2 rings (SSSR count). The van der Waals surface area contributed by atoms with E-state index in [4.69, 9.17) is 5.73 Å². The number of halogens is 2. The van der Waals surface area contributed by atoms with Gasteiger partial charge in [0.1, 0.15) is 11.5 Å². The Kier molecular flexibility index (Phi) is 8.63. The number of rotatable bonds is 4. The fraction of sp³-hybridized carbons (Fsp3) is 0.571. The molecular formula is C14H24Cl2N4O. The number of aromatic nitrogens is 1. The second-order valence-corrected chi connectivity index (χ2v) is 5.06. The van der Waals surface area contributed by atoms with E-state index in [1.807, 2.05) is 7.05 Å². The molecule has 0 bridgehead atoms. The maximum atomic E-state index is 12.3. The molecule has 0 radical (unpaired) electrons. The van der Waals surface area contributed by atoms with Crippen molar-refractivity contribution in [2.45, 2.75) is 25.8 Å². The summed E-state index contributed by atoms with van der Waals surface area (Å²) in [5.74, 6) is 0.325. The van der Waals surface area contributed by atoms with Crippen LogP contribution >= 0.6 is 24.8 Å². The van der Waals surface area contributed by atoms with E-state index >= 15 is 0 Å². The Labute approximate surface area is 138 Å². The number of nitrogen functional groups attached to an aromatic ring is 1. The quantitative estimate of drug-likeness (QED) is 0.915. The molecule has 0 aromatic carbocycles. The monoisotopic (exact) mass is 334 g/mol. The lowest BCUT2D eigenvalue weighted by Crippen LogP contribution is -2.41. The van der Waals surface area contributed by atoms with Crippen LogP contribution in [0.1, 0.15) is 30.3 Å². The molecule has 1 amide bonds. The van der Waals surface area contributed by atoms with E-state index < -0.39 is 0 Å². The third-order valence-electron chi connectivity index (χ3n) is 3.73. The van der Waals surface area contributed by atoms with Crippen molar-refractivity contribution in [3.8, 4) is 0 Å². The Morgan fingerprint density at radius 2 is 2.19 bits per heavy atom. The SMILES string of the molecule is CCN1CCCC1CN(C)C(=O)c1cccc(N)n1.Cl.Cl. The molecule has 0 aliphatic carbocycles. The van der Waals surface area contributed by atoms with Gasteiger partial charge in [-0.1, -0.05) is 13.0 Å². The highest BCUT2D eigenvalue weighted by molar-refractivity contribution is 5.92. The summed E-state index contributed by atoms with van der Waals surface area (Å²) >= 11 is 0. The van der Waals surface area contributed by atoms with Crippen LogP contribution in [-0.4, -0.2) is 53.4 Å². The molecule has 1 fully saturated rings. The third-order valence-corrected chi connectivity index (χ3v) is 3.73. The van der Waals surface area contributed by atoms with Gasteiger partial charge in [0.15, 0.2) is 0 Å². The lowest BCUT2D eigenvalue weighted by molar-refractivity contribution is 0.0749. The van der Waals surface area contributed by atoms with E-state index in [1.54, 1.807) is 23.1 Å². The Morgan fingerprint density at radius 1 is 1.48 bits per heavy atom. The highest BCUT2D eigenvalue weighted by atomic mass is 35.5. The van der Waals surface area contributed by atoms with Crippen LogP contribution < -0.4 is 5.73 Å². The number of likely N-dealkylation sites (tertiary alicyclic amines) is 1. The summed E-state index contributed by atoms with van der Waals surface area (Å²) in [5, 5.41) is 0. The summed E-state index contributed by atoms with van der Waals surface area (Å²) in [6.07, 6.45) is 2.38. The molecule has 120 valence electrons. The van der Waals surface area contributed by atoms with Crippen LogP contribution in [-0.2, 0) is 0 Å². The zero-order valence-electron chi connectivity index (χ0n) is 12.5. The number of hydrogen-bond acceptors (Lipinski definition) is 4. The fourth-order valence-electron chi connectivity index (χ4n) is 2.68. The van der Waals surface area contributed by atoms with Gasteiger partial charge in [0.25, 0.3) is 5.91 Å². The van der Waals surface area contributed by atoms with Gasteiger partial charge < -0.3 is 10.6 Å². The average molecular weight is 335 g/mol. The van der Waals surface area contributed by atoms with Crippen LogP contribution in [0, 0.1) is 0 Å². The molecule has 2 N–H and O–H groups in total. The van der Waals surface area contributed by atoms with Gasteiger partial charge in [0.05, 0.1) is 0 Å². The first kappa shape index (κ1) is 20.0. The Morgan fingerprint density at radius 3 is 2.81 bits per heavy atom. The van der Waals surface area contributed by atoms with Crippen molar-refractivity contribution in [1.29, 1.82) is 0 Å². The van der Waals surface area contributed by atoms with Gasteiger partial charge >= 0.3 is 0 Å². The minimum atomic E-state index is -0.0600. The lowest BCUT2D eigenvalue weighted by Gasteiger charge is -2.27. The fourth-order valence-corrected chi connectivity index (χ4v) is 2.68. The molecule has 0 spiro atoms. The Hall–Kier alpha value is -1.04. The topological polar surface area (TPSA) is 62.5 Å². The van der Waals surface area contributed by atoms with Gasteiger partial charge in [-0.05, 0) is 38.1 Å². The standard InChI is InChI=1S/C14H22N4O.2ClH/c1-3-18-9-5-6-11(18)10-17(2)14(19)12-7-4-8-13(15)16-12;;/h4,7-8,11H,3,5-6,9-10H2,1-2H3,(H2,15,16);2*1H. The van der Waals surface area contributed by atoms with Crippen molar-refractivity contribution in [1.82, 2.24) is 14.8 Å². The third kappa shape index (κ3) is 5.02. The van der Waals surface area contributed by atoms with Gasteiger partial charge in [-0.2, -0.15) is 0 Å². The minimum absolute atomic E-state index is 0. The number of amides is 1. The molecule has 21 heavy (non-hydrogen) atoms. The normalized spacial score (nSPS) is 17.7. The number of likely N-dealkylation sites (N-methyl/N-ethyl adjacent to an activating group) is 2. The van der Waals surface area contributed by atoms with Gasteiger partial charge in [-0.25, -0.2) is 4.98 Å². The largest absolute Gasteiger partial charge is 0.384 e. The maximum absolute atomic E-state index is 12.3. The molecule has 0 saturated carbocycles. The summed E-state index contributed by atoms with van der Waals surface area (Å²) in [5.41, 5.74) is 6.03. The summed E-state index contributed by atoms with van der Waals surface area (Å²) in [6, 6.07) is 5.63. The molecule has 1 saturated heterocycles. The number of pyridine rings is 1. The van der Waals surface area contributed by atoms with Crippen LogP contribution in [0.25, 0.3) is 0 Å². The molecular weight excluding hydrogens is 311 g/mol. The smallest absolute Gasteiger partial charge is 0.272 e. The zero-order chi connectivity index (χ0) is 13.8. The van der Waals surface area contributed by atoms with Crippen LogP contribution in [0.5, 0.6) is 0 Å². The number of anilines is 1. The van der Waals surface area contributed by atoms with Gasteiger partial charge in [0, 0.05) is 19.6 Å². The average Bonchev–Trinajstić information content (AvgIpc) is 2.85. The maximum Gasteiger partial charge on any atom is 0.272 e. The lowest BCUT2D eigenvalue weighted by atomic mass is 10.2. The Bertz CT molecular complexity index is 458. The minimum Gasteiger partial charge on any atom is -0.384 e. The Balaban J connectivity index is 0.00000200. The predicted octanol–water partition coefficient (Wildman–Crippen LogP) is 2.06. The molecule has 1 atom stereocenters. The van der Waals surface area contributed by atoms with Crippen molar-refractivity contribution < 1.29 is 4.79 Å².